The minimum atomic E-state index is 0.0978. The predicted octanol–water partition coefficient (Wildman–Crippen LogP) is 3.60. The summed E-state index contributed by atoms with van der Waals surface area (Å²) in [5.41, 5.74) is 4.12. The van der Waals surface area contributed by atoms with Crippen LogP contribution >= 0.6 is 0 Å². The molecule has 0 aliphatic carbocycles. The Morgan fingerprint density at radius 3 is 2.19 bits per heavy atom. The Bertz CT molecular complexity index is 973. The van der Waals surface area contributed by atoms with Gasteiger partial charge in [0.05, 0.1) is 17.1 Å². The third-order valence-electron chi connectivity index (χ3n) is 4.66. The number of fused-ring (bicyclic) bond motifs is 1. The maximum atomic E-state index is 9.35. The first-order valence-corrected chi connectivity index (χ1v) is 9.02. The molecule has 0 saturated heterocycles. The van der Waals surface area contributed by atoms with Crippen LogP contribution in [0.1, 0.15) is 37.9 Å². The Kier molecular flexibility index (Phi) is 5.55. The first-order valence-electron chi connectivity index (χ1n) is 9.02. The molecule has 5 heteroatoms. The predicted molar refractivity (Wildman–Crippen MR) is 105 cm³/mol. The van der Waals surface area contributed by atoms with Gasteiger partial charge in [-0.15, -0.1) is 4.99 Å². The lowest BCUT2D eigenvalue weighted by molar-refractivity contribution is 0.489. The van der Waals surface area contributed by atoms with Gasteiger partial charge in [0, 0.05) is 6.04 Å². The number of para-hydroxylation sites is 2. The highest BCUT2D eigenvalue weighted by Crippen LogP contribution is 2.26. The van der Waals surface area contributed by atoms with E-state index in [1.807, 2.05) is 31.4 Å². The van der Waals surface area contributed by atoms with Crippen molar-refractivity contribution in [3.63, 3.8) is 0 Å². The summed E-state index contributed by atoms with van der Waals surface area (Å²) in [5.74, 6) is 0. The minimum absolute atomic E-state index is 0.0978. The average Bonchev–Trinajstić information content (AvgIpc) is 2.98. The molecule has 26 heavy (non-hydrogen) atoms. The van der Waals surface area contributed by atoms with Crippen molar-refractivity contribution in [3.05, 3.63) is 65.8 Å². The number of rotatable bonds is 6. The summed E-state index contributed by atoms with van der Waals surface area (Å²) >= 11 is 0. The lowest BCUT2D eigenvalue weighted by Gasteiger charge is -2.20. The molecule has 5 nitrogen and oxygen atoms in total. The molecule has 3 rings (SSSR count). The lowest BCUT2D eigenvalue weighted by Crippen LogP contribution is -2.31. The van der Waals surface area contributed by atoms with E-state index in [9.17, 15) is 5.26 Å². The summed E-state index contributed by atoms with van der Waals surface area (Å²) in [5, 5.41) is 12.6. The highest BCUT2D eigenvalue weighted by molar-refractivity contribution is 5.76. The molecular weight excluding hydrogens is 322 g/mol. The van der Waals surface area contributed by atoms with E-state index in [0.717, 1.165) is 24.0 Å². The second-order valence-electron chi connectivity index (χ2n) is 6.65. The number of hydrogen-bond donors (Lipinski definition) is 1. The summed E-state index contributed by atoms with van der Waals surface area (Å²) in [4.78, 5) is 4.23. The van der Waals surface area contributed by atoms with Crippen LogP contribution in [0.15, 0.2) is 59.6 Å². The second-order valence-corrected chi connectivity index (χ2v) is 6.65. The zero-order valence-electron chi connectivity index (χ0n) is 15.6. The van der Waals surface area contributed by atoms with Crippen LogP contribution in [0.2, 0.25) is 0 Å². The van der Waals surface area contributed by atoms with E-state index in [1.165, 1.54) is 5.56 Å². The van der Waals surface area contributed by atoms with E-state index in [-0.39, 0.29) is 12.1 Å². The summed E-state index contributed by atoms with van der Waals surface area (Å²) < 4.78 is 4.36. The monoisotopic (exact) mass is 347 g/mol. The first-order chi connectivity index (χ1) is 12.7. The van der Waals surface area contributed by atoms with Gasteiger partial charge < -0.3 is 14.5 Å². The van der Waals surface area contributed by atoms with Crippen LogP contribution in [0.25, 0.3) is 11.0 Å². The van der Waals surface area contributed by atoms with E-state index in [1.54, 1.807) is 0 Å². The third-order valence-corrected chi connectivity index (χ3v) is 4.66. The highest BCUT2D eigenvalue weighted by atomic mass is 15.2. The van der Waals surface area contributed by atoms with Gasteiger partial charge in [-0.1, -0.05) is 42.5 Å². The lowest BCUT2D eigenvalue weighted by atomic mass is 10.0. The number of aromatic nitrogens is 2. The van der Waals surface area contributed by atoms with E-state index < -0.39 is 0 Å². The molecule has 0 aliphatic rings. The number of nitrogens with one attached hydrogen (secondary N) is 1. The topological polar surface area (TPSA) is 58.0 Å². The van der Waals surface area contributed by atoms with Crippen LogP contribution in [0, 0.1) is 11.5 Å². The summed E-state index contributed by atoms with van der Waals surface area (Å²) in [7, 11) is 1.96. The molecule has 1 unspecified atom stereocenters. The van der Waals surface area contributed by atoms with Crippen LogP contribution in [0.3, 0.4) is 0 Å². The SMILES string of the molecule is CNCCC(c1ccccc1)n1c(=NC#N)n(C(C)C)c2ccccc21. The Labute approximate surface area is 154 Å². The molecule has 0 fully saturated rings. The molecule has 2 aromatic carbocycles. The van der Waals surface area contributed by atoms with Crippen LogP contribution in [0.5, 0.6) is 0 Å². The summed E-state index contributed by atoms with van der Waals surface area (Å²) in [6, 6.07) is 19.0. The largest absolute Gasteiger partial charge is 0.320 e. The normalized spacial score (nSPS) is 13.3. The van der Waals surface area contributed by atoms with Gasteiger partial charge >= 0.3 is 0 Å². The van der Waals surface area contributed by atoms with Crippen LogP contribution in [-0.2, 0) is 0 Å². The van der Waals surface area contributed by atoms with Gasteiger partial charge in [0.15, 0.2) is 0 Å². The first kappa shape index (κ1) is 18.0. The zero-order valence-corrected chi connectivity index (χ0v) is 15.6. The molecule has 1 heterocycles. The number of nitrogens with zero attached hydrogens (tertiary/aromatic N) is 4. The van der Waals surface area contributed by atoms with Gasteiger partial charge in [0.2, 0.25) is 11.8 Å². The van der Waals surface area contributed by atoms with Gasteiger partial charge in [-0.2, -0.15) is 5.26 Å². The minimum Gasteiger partial charge on any atom is -0.320 e. The molecule has 0 radical (unpaired) electrons. The summed E-state index contributed by atoms with van der Waals surface area (Å²) in [6.45, 7) is 5.12. The van der Waals surface area contributed by atoms with Crippen molar-refractivity contribution in [1.29, 1.82) is 5.26 Å². The molecule has 3 aromatic rings. The summed E-state index contributed by atoms with van der Waals surface area (Å²) in [6.07, 6.45) is 2.92. The standard InChI is InChI=1S/C21H25N5/c1-16(2)25-19-11-7-8-12-20(19)26(21(25)24-15-22)18(13-14-23-3)17-9-5-4-6-10-17/h4-12,16,18,23H,13-14H2,1-3H3. The van der Waals surface area contributed by atoms with Crippen molar-refractivity contribution < 1.29 is 0 Å². The van der Waals surface area contributed by atoms with Gasteiger partial charge in [0.1, 0.15) is 0 Å². The third kappa shape index (κ3) is 3.29. The van der Waals surface area contributed by atoms with E-state index in [4.69, 9.17) is 0 Å². The fourth-order valence-corrected chi connectivity index (χ4v) is 3.57. The van der Waals surface area contributed by atoms with Crippen molar-refractivity contribution in [2.45, 2.75) is 32.4 Å². The molecule has 0 aliphatic heterocycles. The zero-order chi connectivity index (χ0) is 18.5. The van der Waals surface area contributed by atoms with Crippen molar-refractivity contribution in [2.24, 2.45) is 4.99 Å². The van der Waals surface area contributed by atoms with Crippen molar-refractivity contribution in [3.8, 4) is 6.19 Å². The molecule has 0 saturated carbocycles. The average molecular weight is 347 g/mol. The maximum Gasteiger partial charge on any atom is 0.222 e. The molecule has 134 valence electrons. The second kappa shape index (κ2) is 8.03. The van der Waals surface area contributed by atoms with Gasteiger partial charge in [-0.3, -0.25) is 0 Å². The van der Waals surface area contributed by atoms with Crippen molar-refractivity contribution in [1.82, 2.24) is 14.5 Å². The number of hydrogen-bond acceptors (Lipinski definition) is 3. The quantitative estimate of drug-likeness (QED) is 0.693. The molecular formula is C21H25N5. The van der Waals surface area contributed by atoms with Crippen LogP contribution in [0.4, 0.5) is 0 Å². The Hall–Kier alpha value is -2.84. The number of nitriles is 1. The number of benzene rings is 2. The van der Waals surface area contributed by atoms with E-state index in [0.29, 0.717) is 5.62 Å². The van der Waals surface area contributed by atoms with Gasteiger partial charge in [-0.05, 0) is 51.6 Å². The smallest absolute Gasteiger partial charge is 0.222 e. The molecule has 0 spiro atoms. The van der Waals surface area contributed by atoms with Crippen LogP contribution in [-0.4, -0.2) is 22.7 Å². The van der Waals surface area contributed by atoms with Crippen molar-refractivity contribution in [2.75, 3.05) is 13.6 Å². The van der Waals surface area contributed by atoms with Crippen LogP contribution < -0.4 is 10.9 Å². The number of imidazole rings is 1. The molecule has 0 bridgehead atoms. The fourth-order valence-electron chi connectivity index (χ4n) is 3.57. The fraction of sp³-hybridized carbons (Fsp3) is 0.333. The van der Waals surface area contributed by atoms with Gasteiger partial charge in [-0.25, -0.2) is 0 Å². The molecule has 0 amide bonds. The van der Waals surface area contributed by atoms with E-state index in [2.05, 4.69) is 69.7 Å². The Morgan fingerprint density at radius 2 is 1.62 bits per heavy atom. The Balaban J connectivity index is 2.36. The molecule has 1 atom stereocenters. The van der Waals surface area contributed by atoms with E-state index >= 15 is 0 Å². The van der Waals surface area contributed by atoms with Crippen molar-refractivity contribution >= 4 is 11.0 Å². The molecule has 1 N–H and O–H groups in total. The Morgan fingerprint density at radius 1 is 1.00 bits per heavy atom. The molecule has 1 aromatic heterocycles. The van der Waals surface area contributed by atoms with Gasteiger partial charge in [0.25, 0.3) is 0 Å². The maximum absolute atomic E-state index is 9.35. The highest BCUT2D eigenvalue weighted by Gasteiger charge is 2.21.